The predicted molar refractivity (Wildman–Crippen MR) is 72.9 cm³/mol. The second kappa shape index (κ2) is 6.54. The Labute approximate surface area is 113 Å². The quantitative estimate of drug-likeness (QED) is 0.824. The number of carbonyl (C=O) groups excluding carboxylic acids is 1. The van der Waals surface area contributed by atoms with Gasteiger partial charge in [-0.1, -0.05) is 25.4 Å². The van der Waals surface area contributed by atoms with E-state index in [1.807, 2.05) is 25.8 Å². The highest BCUT2D eigenvalue weighted by Gasteiger charge is 2.17. The van der Waals surface area contributed by atoms with Gasteiger partial charge in [0.15, 0.2) is 0 Å². The molecule has 0 saturated heterocycles. The van der Waals surface area contributed by atoms with E-state index in [-0.39, 0.29) is 11.8 Å². The van der Waals surface area contributed by atoms with Crippen LogP contribution in [0.15, 0.2) is 6.33 Å². The summed E-state index contributed by atoms with van der Waals surface area (Å²) in [6.45, 7) is 4.47. The molecule has 0 aliphatic carbocycles. The summed E-state index contributed by atoms with van der Waals surface area (Å²) in [7, 11) is 3.54. The van der Waals surface area contributed by atoms with Crippen molar-refractivity contribution in [3.63, 3.8) is 0 Å². The highest BCUT2D eigenvalue weighted by atomic mass is 35.5. The zero-order valence-electron chi connectivity index (χ0n) is 11.2. The van der Waals surface area contributed by atoms with Crippen LogP contribution in [0.4, 0.5) is 5.82 Å². The van der Waals surface area contributed by atoms with Crippen molar-refractivity contribution in [2.24, 2.45) is 5.92 Å². The van der Waals surface area contributed by atoms with E-state index in [2.05, 4.69) is 15.3 Å². The van der Waals surface area contributed by atoms with Crippen molar-refractivity contribution >= 4 is 23.3 Å². The van der Waals surface area contributed by atoms with Gasteiger partial charge in [0.05, 0.1) is 5.92 Å². The number of hydrogen-bond acceptors (Lipinski definition) is 4. The first kappa shape index (κ1) is 14.7. The van der Waals surface area contributed by atoms with Gasteiger partial charge in [0, 0.05) is 26.2 Å². The summed E-state index contributed by atoms with van der Waals surface area (Å²) < 4.78 is 0. The number of carbonyl (C=O) groups is 1. The standard InChI is InChI=1S/C12H19ClN4O/c1-5-9-10(13)15-7-16-11(9)17(4)6-8(2)12(18)14-3/h7-8H,5-6H2,1-4H3,(H,14,18). The molecule has 0 spiro atoms. The van der Waals surface area contributed by atoms with Gasteiger partial charge in [-0.2, -0.15) is 0 Å². The molecule has 1 aromatic rings. The van der Waals surface area contributed by atoms with Crippen LogP contribution in [0.25, 0.3) is 0 Å². The van der Waals surface area contributed by atoms with Gasteiger partial charge in [-0.15, -0.1) is 0 Å². The van der Waals surface area contributed by atoms with E-state index in [0.29, 0.717) is 11.7 Å². The first-order valence-electron chi connectivity index (χ1n) is 5.93. The summed E-state index contributed by atoms with van der Waals surface area (Å²) in [5.41, 5.74) is 0.908. The van der Waals surface area contributed by atoms with Crippen LogP contribution in [0.2, 0.25) is 5.15 Å². The second-order valence-electron chi connectivity index (χ2n) is 4.22. The van der Waals surface area contributed by atoms with E-state index < -0.39 is 0 Å². The number of rotatable bonds is 5. The molecule has 0 aliphatic rings. The van der Waals surface area contributed by atoms with Gasteiger partial charge in [-0.3, -0.25) is 4.79 Å². The highest BCUT2D eigenvalue weighted by molar-refractivity contribution is 6.30. The average Bonchev–Trinajstić information content (AvgIpc) is 2.37. The van der Waals surface area contributed by atoms with Crippen molar-refractivity contribution < 1.29 is 4.79 Å². The molecule has 1 unspecified atom stereocenters. The van der Waals surface area contributed by atoms with E-state index in [1.165, 1.54) is 6.33 Å². The van der Waals surface area contributed by atoms with Crippen LogP contribution in [-0.2, 0) is 11.2 Å². The van der Waals surface area contributed by atoms with E-state index in [4.69, 9.17) is 11.6 Å². The minimum atomic E-state index is -0.113. The third kappa shape index (κ3) is 3.32. The Morgan fingerprint density at radius 3 is 2.78 bits per heavy atom. The molecule has 6 heteroatoms. The Kier molecular flexibility index (Phi) is 5.34. The molecule has 1 rings (SSSR count). The van der Waals surface area contributed by atoms with Crippen LogP contribution >= 0.6 is 11.6 Å². The van der Waals surface area contributed by atoms with Crippen LogP contribution in [0, 0.1) is 5.92 Å². The molecule has 1 amide bonds. The van der Waals surface area contributed by atoms with E-state index in [0.717, 1.165) is 17.8 Å². The predicted octanol–water partition coefficient (Wildman–Crippen LogP) is 1.51. The zero-order valence-corrected chi connectivity index (χ0v) is 12.0. The van der Waals surface area contributed by atoms with Crippen LogP contribution in [0.1, 0.15) is 19.4 Å². The molecular weight excluding hydrogens is 252 g/mol. The summed E-state index contributed by atoms with van der Waals surface area (Å²) >= 11 is 6.04. The Hall–Kier alpha value is -1.36. The van der Waals surface area contributed by atoms with Gasteiger partial charge < -0.3 is 10.2 Å². The Morgan fingerprint density at radius 2 is 2.22 bits per heavy atom. The summed E-state index contributed by atoms with van der Waals surface area (Å²) in [6, 6.07) is 0. The third-order valence-corrected chi connectivity index (χ3v) is 3.15. The van der Waals surface area contributed by atoms with Crippen molar-refractivity contribution in [3.05, 3.63) is 17.0 Å². The molecular formula is C12H19ClN4O. The Bertz CT molecular complexity index is 425. The normalized spacial score (nSPS) is 12.1. The van der Waals surface area contributed by atoms with Crippen molar-refractivity contribution in [1.82, 2.24) is 15.3 Å². The molecule has 5 nitrogen and oxygen atoms in total. The first-order chi connectivity index (χ1) is 8.51. The van der Waals surface area contributed by atoms with E-state index in [1.54, 1.807) is 7.05 Å². The van der Waals surface area contributed by atoms with Crippen molar-refractivity contribution in [2.75, 3.05) is 25.5 Å². The van der Waals surface area contributed by atoms with Crippen molar-refractivity contribution in [1.29, 1.82) is 0 Å². The molecule has 0 fully saturated rings. The van der Waals surface area contributed by atoms with Gasteiger partial charge in [0.25, 0.3) is 0 Å². The zero-order chi connectivity index (χ0) is 13.7. The van der Waals surface area contributed by atoms with Crippen molar-refractivity contribution in [2.45, 2.75) is 20.3 Å². The number of nitrogens with one attached hydrogen (secondary N) is 1. The average molecular weight is 271 g/mol. The second-order valence-corrected chi connectivity index (χ2v) is 4.57. The lowest BCUT2D eigenvalue weighted by atomic mass is 10.1. The lowest BCUT2D eigenvalue weighted by Crippen LogP contribution is -2.35. The van der Waals surface area contributed by atoms with Gasteiger partial charge in [-0.05, 0) is 6.42 Å². The van der Waals surface area contributed by atoms with Crippen LogP contribution in [0.5, 0.6) is 0 Å². The first-order valence-corrected chi connectivity index (χ1v) is 6.31. The number of anilines is 1. The summed E-state index contributed by atoms with van der Waals surface area (Å²) in [5, 5.41) is 3.11. The maximum Gasteiger partial charge on any atom is 0.224 e. The molecule has 18 heavy (non-hydrogen) atoms. The van der Waals surface area contributed by atoms with Crippen LogP contribution in [0.3, 0.4) is 0 Å². The largest absolute Gasteiger partial charge is 0.359 e. The Balaban J connectivity index is 2.87. The maximum atomic E-state index is 11.5. The molecule has 1 N–H and O–H groups in total. The van der Waals surface area contributed by atoms with Gasteiger partial charge in [-0.25, -0.2) is 9.97 Å². The fraction of sp³-hybridized carbons (Fsp3) is 0.583. The lowest BCUT2D eigenvalue weighted by Gasteiger charge is -2.23. The minimum absolute atomic E-state index is 0.0139. The molecule has 100 valence electrons. The molecule has 0 aromatic carbocycles. The SMILES string of the molecule is CCc1c(Cl)ncnc1N(C)CC(C)C(=O)NC. The number of halogens is 1. The van der Waals surface area contributed by atoms with Gasteiger partial charge >= 0.3 is 0 Å². The fourth-order valence-corrected chi connectivity index (χ4v) is 2.10. The van der Waals surface area contributed by atoms with Crippen LogP contribution < -0.4 is 10.2 Å². The molecule has 1 atom stereocenters. The molecule has 0 aliphatic heterocycles. The smallest absolute Gasteiger partial charge is 0.224 e. The number of hydrogen-bond donors (Lipinski definition) is 1. The summed E-state index contributed by atoms with van der Waals surface area (Å²) in [4.78, 5) is 21.7. The number of aromatic nitrogens is 2. The molecule has 1 aromatic heterocycles. The number of amides is 1. The minimum Gasteiger partial charge on any atom is -0.359 e. The summed E-state index contributed by atoms with van der Waals surface area (Å²) in [6.07, 6.45) is 2.20. The monoisotopic (exact) mass is 270 g/mol. The fourth-order valence-electron chi connectivity index (χ4n) is 1.84. The van der Waals surface area contributed by atoms with E-state index in [9.17, 15) is 4.79 Å². The van der Waals surface area contributed by atoms with Gasteiger partial charge in [0.1, 0.15) is 17.3 Å². The lowest BCUT2D eigenvalue weighted by molar-refractivity contribution is -0.123. The molecule has 1 heterocycles. The van der Waals surface area contributed by atoms with E-state index >= 15 is 0 Å². The molecule has 0 saturated carbocycles. The molecule has 0 bridgehead atoms. The maximum absolute atomic E-state index is 11.5. The summed E-state index contributed by atoms with van der Waals surface area (Å²) in [5.74, 6) is 0.687. The topological polar surface area (TPSA) is 58.1 Å². The molecule has 0 radical (unpaired) electrons. The van der Waals surface area contributed by atoms with Crippen molar-refractivity contribution in [3.8, 4) is 0 Å². The number of nitrogens with zero attached hydrogens (tertiary/aromatic N) is 3. The van der Waals surface area contributed by atoms with Crippen LogP contribution in [-0.4, -0.2) is 36.5 Å². The highest BCUT2D eigenvalue weighted by Crippen LogP contribution is 2.23. The third-order valence-electron chi connectivity index (χ3n) is 2.83. The van der Waals surface area contributed by atoms with Gasteiger partial charge in [0.2, 0.25) is 5.91 Å². The Morgan fingerprint density at radius 1 is 1.56 bits per heavy atom.